The van der Waals surface area contributed by atoms with Gasteiger partial charge < -0.3 is 14.2 Å². The third kappa shape index (κ3) is 7.05. The van der Waals surface area contributed by atoms with Crippen molar-refractivity contribution in [2.75, 3.05) is 19.8 Å². The number of ether oxygens (including phenoxy) is 3. The Morgan fingerprint density at radius 3 is 1.53 bits per heavy atom. The first kappa shape index (κ1) is 30.2. The first-order valence-electron chi connectivity index (χ1n) is 12.8. The van der Waals surface area contributed by atoms with Gasteiger partial charge in [-0.15, -0.1) is 0 Å². The van der Waals surface area contributed by atoms with Crippen molar-refractivity contribution < 1.29 is 36.2 Å². The van der Waals surface area contributed by atoms with Crippen LogP contribution in [0.15, 0.2) is 24.3 Å². The molecule has 0 aliphatic heterocycles. The van der Waals surface area contributed by atoms with E-state index in [0.29, 0.717) is 31.8 Å². The van der Waals surface area contributed by atoms with E-state index in [4.69, 9.17) is 14.2 Å². The molecule has 2 rings (SSSR count). The van der Waals surface area contributed by atoms with Gasteiger partial charge in [0.05, 0.1) is 11.5 Å². The molecular formula is C28H37F5O3. The fraction of sp³-hybridized carbons (Fsp3) is 0.571. The largest absolute Gasteiger partial charge is 0.327 e. The minimum absolute atomic E-state index is 0.125. The van der Waals surface area contributed by atoms with Crippen molar-refractivity contribution in [3.05, 3.63) is 58.9 Å². The molecule has 2 aromatic rings. The molecule has 0 saturated heterocycles. The fourth-order valence-electron chi connectivity index (χ4n) is 4.45. The average Bonchev–Trinajstić information content (AvgIpc) is 2.87. The van der Waals surface area contributed by atoms with Gasteiger partial charge >= 0.3 is 0 Å². The lowest BCUT2D eigenvalue weighted by Gasteiger charge is -2.39. The standard InChI is InChI=1S/C28H37F5O3/c1-5-9-10-11-12-13-14-21(28(34-6-2,35-7-3)36-8-4)19-15-17-20(18-16-19)22-23(29)25(31)27(33)26(32)24(22)30/h15-18,21H,5-14H2,1-4H3. The van der Waals surface area contributed by atoms with E-state index >= 15 is 0 Å². The summed E-state index contributed by atoms with van der Waals surface area (Å²) in [6, 6.07) is 5.88. The monoisotopic (exact) mass is 516 g/mol. The second-order valence-corrected chi connectivity index (χ2v) is 8.58. The maximum absolute atomic E-state index is 14.4. The minimum atomic E-state index is -2.18. The molecule has 0 heterocycles. The van der Waals surface area contributed by atoms with Gasteiger partial charge in [0.2, 0.25) is 5.82 Å². The Labute approximate surface area is 210 Å². The second-order valence-electron chi connectivity index (χ2n) is 8.58. The van der Waals surface area contributed by atoms with Gasteiger partial charge in [0.1, 0.15) is 0 Å². The quantitative estimate of drug-likeness (QED) is 0.0735. The van der Waals surface area contributed by atoms with E-state index in [-0.39, 0.29) is 11.5 Å². The van der Waals surface area contributed by atoms with Gasteiger partial charge in [0.25, 0.3) is 5.97 Å². The number of hydrogen-bond donors (Lipinski definition) is 0. The fourth-order valence-corrected chi connectivity index (χ4v) is 4.45. The summed E-state index contributed by atoms with van der Waals surface area (Å²) >= 11 is 0. The Morgan fingerprint density at radius 2 is 1.06 bits per heavy atom. The van der Waals surface area contributed by atoms with E-state index in [0.717, 1.165) is 32.1 Å². The van der Waals surface area contributed by atoms with Crippen LogP contribution in [-0.4, -0.2) is 25.8 Å². The highest BCUT2D eigenvalue weighted by atomic mass is 19.2. The number of unbranched alkanes of at least 4 members (excludes halogenated alkanes) is 5. The molecule has 0 bridgehead atoms. The van der Waals surface area contributed by atoms with Crippen LogP contribution in [0, 0.1) is 29.1 Å². The van der Waals surface area contributed by atoms with E-state index in [2.05, 4.69) is 6.92 Å². The van der Waals surface area contributed by atoms with Crippen LogP contribution in [0.4, 0.5) is 22.0 Å². The molecule has 2 aromatic carbocycles. The lowest BCUT2D eigenvalue weighted by atomic mass is 9.89. The summed E-state index contributed by atoms with van der Waals surface area (Å²) < 4.78 is 87.7. The van der Waals surface area contributed by atoms with Crippen LogP contribution in [0.5, 0.6) is 0 Å². The van der Waals surface area contributed by atoms with Gasteiger partial charge in [0, 0.05) is 19.8 Å². The molecular weight excluding hydrogens is 479 g/mol. The van der Waals surface area contributed by atoms with Crippen LogP contribution >= 0.6 is 0 Å². The van der Waals surface area contributed by atoms with Crippen LogP contribution in [0.25, 0.3) is 11.1 Å². The summed E-state index contributed by atoms with van der Waals surface area (Å²) in [6.07, 6.45) is 7.15. The highest BCUT2D eigenvalue weighted by Gasteiger charge is 2.43. The molecule has 0 N–H and O–H groups in total. The van der Waals surface area contributed by atoms with Crippen molar-refractivity contribution in [1.29, 1.82) is 0 Å². The third-order valence-corrected chi connectivity index (χ3v) is 6.12. The van der Waals surface area contributed by atoms with E-state index in [9.17, 15) is 22.0 Å². The van der Waals surface area contributed by atoms with Crippen molar-refractivity contribution >= 4 is 0 Å². The number of benzene rings is 2. The van der Waals surface area contributed by atoms with Crippen molar-refractivity contribution in [3.63, 3.8) is 0 Å². The first-order chi connectivity index (χ1) is 17.3. The maximum atomic E-state index is 14.4. The van der Waals surface area contributed by atoms with Crippen molar-refractivity contribution in [3.8, 4) is 11.1 Å². The van der Waals surface area contributed by atoms with E-state index < -0.39 is 40.6 Å². The molecule has 0 saturated carbocycles. The molecule has 0 spiro atoms. The molecule has 0 amide bonds. The van der Waals surface area contributed by atoms with Gasteiger partial charge in [-0.05, 0) is 38.3 Å². The Balaban J connectivity index is 2.45. The molecule has 8 heteroatoms. The zero-order valence-electron chi connectivity index (χ0n) is 21.6. The zero-order valence-corrected chi connectivity index (χ0v) is 21.6. The average molecular weight is 517 g/mol. The third-order valence-electron chi connectivity index (χ3n) is 6.12. The summed E-state index contributed by atoms with van der Waals surface area (Å²) in [5, 5.41) is 0. The Kier molecular flexibility index (Phi) is 12.3. The van der Waals surface area contributed by atoms with Gasteiger partial charge in [-0.25, -0.2) is 22.0 Å². The smallest absolute Gasteiger partial charge is 0.290 e. The summed E-state index contributed by atoms with van der Waals surface area (Å²) in [7, 11) is 0. The van der Waals surface area contributed by atoms with E-state index in [1.54, 1.807) is 12.1 Å². The normalized spacial score (nSPS) is 12.8. The van der Waals surface area contributed by atoms with Gasteiger partial charge in [-0.1, -0.05) is 69.7 Å². The molecule has 0 aromatic heterocycles. The zero-order chi connectivity index (χ0) is 26.7. The van der Waals surface area contributed by atoms with Crippen LogP contribution in [0.3, 0.4) is 0 Å². The SMILES string of the molecule is CCCCCCCCC(c1ccc(-c2c(F)c(F)c(F)c(F)c2F)cc1)C(OCC)(OCC)OCC. The van der Waals surface area contributed by atoms with Gasteiger partial charge in [-0.3, -0.25) is 0 Å². The van der Waals surface area contributed by atoms with E-state index in [1.807, 2.05) is 20.8 Å². The van der Waals surface area contributed by atoms with Crippen molar-refractivity contribution in [2.24, 2.45) is 0 Å². The molecule has 1 unspecified atom stereocenters. The molecule has 3 nitrogen and oxygen atoms in total. The molecule has 0 fully saturated rings. The Morgan fingerprint density at radius 1 is 0.611 bits per heavy atom. The molecule has 36 heavy (non-hydrogen) atoms. The van der Waals surface area contributed by atoms with Crippen LogP contribution < -0.4 is 0 Å². The maximum Gasteiger partial charge on any atom is 0.290 e. The first-order valence-corrected chi connectivity index (χ1v) is 12.8. The number of halogens is 5. The van der Waals surface area contributed by atoms with Crippen LogP contribution in [0.2, 0.25) is 0 Å². The molecule has 0 aliphatic carbocycles. The number of hydrogen-bond acceptors (Lipinski definition) is 3. The lowest BCUT2D eigenvalue weighted by molar-refractivity contribution is -0.389. The predicted molar refractivity (Wildman–Crippen MR) is 130 cm³/mol. The highest BCUT2D eigenvalue weighted by molar-refractivity contribution is 5.65. The predicted octanol–water partition coefficient (Wildman–Crippen LogP) is 8.65. The Hall–Kier alpha value is -2.03. The van der Waals surface area contributed by atoms with Crippen LogP contribution in [-0.2, 0) is 14.2 Å². The van der Waals surface area contributed by atoms with Crippen molar-refractivity contribution in [2.45, 2.75) is 84.5 Å². The highest BCUT2D eigenvalue weighted by Crippen LogP contribution is 2.40. The van der Waals surface area contributed by atoms with Crippen molar-refractivity contribution in [1.82, 2.24) is 0 Å². The summed E-state index contributed by atoms with van der Waals surface area (Å²) in [6.45, 7) is 8.65. The molecule has 0 aliphatic rings. The van der Waals surface area contributed by atoms with E-state index in [1.165, 1.54) is 18.6 Å². The van der Waals surface area contributed by atoms with Crippen LogP contribution in [0.1, 0.15) is 84.1 Å². The Bertz CT molecular complexity index is 903. The lowest BCUT2D eigenvalue weighted by Crippen LogP contribution is -2.45. The second kappa shape index (κ2) is 14.6. The molecule has 0 radical (unpaired) electrons. The van der Waals surface area contributed by atoms with Gasteiger partial charge in [-0.2, -0.15) is 0 Å². The molecule has 1 atom stereocenters. The summed E-state index contributed by atoms with van der Waals surface area (Å²) in [5.74, 6) is -11.6. The minimum Gasteiger partial charge on any atom is -0.327 e. The van der Waals surface area contributed by atoms with Gasteiger partial charge in [0.15, 0.2) is 23.3 Å². The summed E-state index contributed by atoms with van der Waals surface area (Å²) in [5.41, 5.74) is -0.373. The summed E-state index contributed by atoms with van der Waals surface area (Å²) in [4.78, 5) is 0. The topological polar surface area (TPSA) is 27.7 Å². The molecule has 202 valence electrons. The number of rotatable bonds is 16.